The van der Waals surface area contributed by atoms with E-state index >= 15 is 0 Å². The van der Waals surface area contributed by atoms with E-state index in [0.717, 1.165) is 11.3 Å². The average Bonchev–Trinajstić information content (AvgIpc) is 3.38. The first-order valence-corrected chi connectivity index (χ1v) is 13.8. The van der Waals surface area contributed by atoms with E-state index in [1.807, 2.05) is 18.2 Å². The van der Waals surface area contributed by atoms with Gasteiger partial charge in [-0.1, -0.05) is 41.1 Å². The van der Waals surface area contributed by atoms with E-state index in [4.69, 9.17) is 21.1 Å². The van der Waals surface area contributed by atoms with Gasteiger partial charge in [-0.25, -0.2) is 9.79 Å². The Morgan fingerprint density at radius 2 is 1.85 bits per heavy atom. The molecule has 3 heterocycles. The molecule has 1 aromatic heterocycles. The Morgan fingerprint density at radius 1 is 1.12 bits per heavy atom. The average molecular weight is 579 g/mol. The van der Waals surface area contributed by atoms with Crippen molar-refractivity contribution in [2.75, 3.05) is 12.1 Å². The molecule has 0 saturated heterocycles. The SMILES string of the molecule is COc1ccc(Cl)cc1[C@H]1C(C(=O)OC(C)C)=C(C)N=c2s/c(=C\[C@@H]3C(=O)N(c4ccccc4)N=C3C)c(=O)n21. The molecule has 2 atom stereocenters. The molecule has 206 valence electrons. The Bertz CT molecular complexity index is 1760. The molecule has 0 saturated carbocycles. The number of hydrazone groups is 1. The number of nitrogens with zero attached hydrogens (tertiary/aromatic N) is 4. The maximum absolute atomic E-state index is 14.0. The van der Waals surface area contributed by atoms with Crippen LogP contribution >= 0.6 is 22.9 Å². The summed E-state index contributed by atoms with van der Waals surface area (Å²) >= 11 is 7.51. The Morgan fingerprint density at radius 3 is 2.52 bits per heavy atom. The molecular formula is C29H27ClN4O5S. The number of esters is 1. The van der Waals surface area contributed by atoms with Gasteiger partial charge >= 0.3 is 5.97 Å². The molecule has 1 amide bonds. The lowest BCUT2D eigenvalue weighted by molar-refractivity contribution is -0.143. The van der Waals surface area contributed by atoms with Crippen LogP contribution < -0.4 is 24.6 Å². The number of carbonyl (C=O) groups excluding carboxylic acids is 2. The Hall–Kier alpha value is -4.02. The molecule has 0 N–H and O–H groups in total. The molecule has 11 heteroatoms. The normalized spacial score (nSPS) is 19.1. The highest BCUT2D eigenvalue weighted by Gasteiger charge is 2.37. The number of ether oxygens (including phenoxy) is 2. The predicted octanol–water partition coefficient (Wildman–Crippen LogP) is 3.84. The molecule has 0 bridgehead atoms. The van der Waals surface area contributed by atoms with Gasteiger partial charge in [0.25, 0.3) is 11.5 Å². The minimum absolute atomic E-state index is 0.207. The monoisotopic (exact) mass is 578 g/mol. The molecule has 2 aliphatic rings. The molecule has 0 aliphatic carbocycles. The number of para-hydroxylation sites is 1. The second-order valence-electron chi connectivity index (χ2n) is 9.65. The summed E-state index contributed by atoms with van der Waals surface area (Å²) in [4.78, 5) is 45.7. The first-order valence-electron chi connectivity index (χ1n) is 12.6. The van der Waals surface area contributed by atoms with E-state index in [1.54, 1.807) is 64.1 Å². The number of aromatic nitrogens is 1. The molecule has 0 fully saturated rings. The second-order valence-corrected chi connectivity index (χ2v) is 11.1. The number of thiazole rings is 1. The standard InChI is InChI=1S/C29H27ClN4O5S/c1-15(2)39-28(37)24-17(4)31-29-33(25(24)21-13-18(30)11-12-22(21)38-5)27(36)23(40-29)14-20-16(3)32-34(26(20)35)19-9-7-6-8-10-19/h6-15,20,25H,1-5H3/b23-14-/t20-,25-/m0/s1. The van der Waals surface area contributed by atoms with Crippen LogP contribution in [0.15, 0.2) is 74.7 Å². The van der Waals surface area contributed by atoms with Gasteiger partial charge in [0.05, 0.1) is 40.4 Å². The van der Waals surface area contributed by atoms with Gasteiger partial charge in [0.15, 0.2) is 4.80 Å². The number of hydrogen-bond donors (Lipinski definition) is 0. The van der Waals surface area contributed by atoms with E-state index in [9.17, 15) is 14.4 Å². The lowest BCUT2D eigenvalue weighted by Crippen LogP contribution is -2.40. The van der Waals surface area contributed by atoms with E-state index < -0.39 is 23.5 Å². The first-order chi connectivity index (χ1) is 19.1. The third-order valence-electron chi connectivity index (χ3n) is 6.57. The van der Waals surface area contributed by atoms with Gasteiger partial charge in [0.1, 0.15) is 17.7 Å². The smallest absolute Gasteiger partial charge is 0.338 e. The second kappa shape index (κ2) is 10.9. The van der Waals surface area contributed by atoms with Gasteiger partial charge in [-0.15, -0.1) is 0 Å². The topological polar surface area (TPSA) is 103 Å². The van der Waals surface area contributed by atoms with Crippen molar-refractivity contribution in [2.45, 2.75) is 39.8 Å². The zero-order chi connectivity index (χ0) is 28.7. The van der Waals surface area contributed by atoms with E-state index in [1.165, 1.54) is 16.7 Å². The van der Waals surface area contributed by atoms with Gasteiger partial charge in [0.2, 0.25) is 0 Å². The van der Waals surface area contributed by atoms with Crippen molar-refractivity contribution in [3.05, 3.63) is 90.1 Å². The van der Waals surface area contributed by atoms with Crippen LogP contribution in [0.2, 0.25) is 5.02 Å². The summed E-state index contributed by atoms with van der Waals surface area (Å²) in [6.45, 7) is 6.95. The van der Waals surface area contributed by atoms with Crippen molar-refractivity contribution < 1.29 is 19.1 Å². The van der Waals surface area contributed by atoms with Gasteiger partial charge in [0, 0.05) is 10.6 Å². The first kappa shape index (κ1) is 27.5. The Kier molecular flexibility index (Phi) is 7.48. The molecule has 40 heavy (non-hydrogen) atoms. The van der Waals surface area contributed by atoms with Gasteiger partial charge < -0.3 is 9.47 Å². The lowest BCUT2D eigenvalue weighted by Gasteiger charge is -2.26. The summed E-state index contributed by atoms with van der Waals surface area (Å²) in [5.41, 5.74) is 1.93. The number of halogens is 1. The van der Waals surface area contributed by atoms with Gasteiger partial charge in [-0.2, -0.15) is 10.1 Å². The maximum Gasteiger partial charge on any atom is 0.338 e. The number of benzene rings is 2. The highest BCUT2D eigenvalue weighted by molar-refractivity contribution is 7.07. The number of methoxy groups -OCH3 is 1. The number of allylic oxidation sites excluding steroid dienone is 1. The number of carbonyl (C=O) groups is 2. The quantitative estimate of drug-likeness (QED) is 0.414. The third kappa shape index (κ3) is 4.89. The predicted molar refractivity (Wildman–Crippen MR) is 154 cm³/mol. The van der Waals surface area contributed by atoms with E-state index in [-0.39, 0.29) is 17.6 Å². The number of fused-ring (bicyclic) bond motifs is 1. The molecule has 0 radical (unpaired) electrons. The minimum Gasteiger partial charge on any atom is -0.496 e. The number of hydrogen-bond acceptors (Lipinski definition) is 8. The zero-order valence-corrected chi connectivity index (χ0v) is 24.1. The molecule has 0 unspecified atom stereocenters. The summed E-state index contributed by atoms with van der Waals surface area (Å²) in [7, 11) is 1.51. The Labute approximate surface area is 239 Å². The van der Waals surface area contributed by atoms with Crippen LogP contribution in [0.5, 0.6) is 5.75 Å². The van der Waals surface area contributed by atoms with Crippen molar-refractivity contribution in [3.8, 4) is 5.75 Å². The molecule has 2 aromatic carbocycles. The zero-order valence-electron chi connectivity index (χ0n) is 22.5. The molecule has 2 aliphatic heterocycles. The van der Waals surface area contributed by atoms with E-state index in [2.05, 4.69) is 10.1 Å². The minimum atomic E-state index is -0.909. The van der Waals surface area contributed by atoms with Crippen molar-refractivity contribution in [2.24, 2.45) is 16.0 Å². The number of anilines is 1. The molecule has 0 spiro atoms. The van der Waals surface area contributed by atoms with Crippen LogP contribution in [0, 0.1) is 5.92 Å². The maximum atomic E-state index is 14.0. The van der Waals surface area contributed by atoms with Crippen molar-refractivity contribution >= 4 is 52.3 Å². The lowest BCUT2D eigenvalue weighted by atomic mass is 9.95. The van der Waals surface area contributed by atoms with Crippen molar-refractivity contribution in [1.82, 2.24) is 4.57 Å². The summed E-state index contributed by atoms with van der Waals surface area (Å²) in [5.74, 6) is -1.14. The fraction of sp³-hybridized carbons (Fsp3) is 0.276. The molecular weight excluding hydrogens is 552 g/mol. The van der Waals surface area contributed by atoms with E-state index in [0.29, 0.717) is 42.8 Å². The van der Waals surface area contributed by atoms with Crippen molar-refractivity contribution in [1.29, 1.82) is 0 Å². The van der Waals surface area contributed by atoms with Crippen LogP contribution in [-0.2, 0) is 14.3 Å². The summed E-state index contributed by atoms with van der Waals surface area (Å²) in [6, 6.07) is 13.2. The largest absolute Gasteiger partial charge is 0.496 e. The summed E-state index contributed by atoms with van der Waals surface area (Å²) < 4.78 is 12.9. The molecule has 9 nitrogen and oxygen atoms in total. The van der Waals surface area contributed by atoms with Crippen LogP contribution in [0.4, 0.5) is 5.69 Å². The number of amides is 1. The van der Waals surface area contributed by atoms with Crippen LogP contribution in [0.1, 0.15) is 39.3 Å². The van der Waals surface area contributed by atoms with Gasteiger partial charge in [-0.3, -0.25) is 14.2 Å². The fourth-order valence-electron chi connectivity index (χ4n) is 4.76. The highest BCUT2D eigenvalue weighted by Crippen LogP contribution is 2.37. The Balaban J connectivity index is 1.67. The fourth-order valence-corrected chi connectivity index (χ4v) is 6.00. The van der Waals surface area contributed by atoms with Crippen molar-refractivity contribution in [3.63, 3.8) is 0 Å². The summed E-state index contributed by atoms with van der Waals surface area (Å²) in [6.07, 6.45) is 1.23. The highest BCUT2D eigenvalue weighted by atomic mass is 35.5. The van der Waals surface area contributed by atoms with Crippen LogP contribution in [0.25, 0.3) is 6.08 Å². The van der Waals surface area contributed by atoms with Crippen LogP contribution in [-0.4, -0.2) is 35.4 Å². The molecule has 5 rings (SSSR count). The third-order valence-corrected chi connectivity index (χ3v) is 7.81. The number of rotatable bonds is 6. The van der Waals surface area contributed by atoms with Gasteiger partial charge in [-0.05, 0) is 64.1 Å². The molecule has 3 aromatic rings. The summed E-state index contributed by atoms with van der Waals surface area (Å²) in [5, 5.41) is 6.19. The van der Waals surface area contributed by atoms with Crippen LogP contribution in [0.3, 0.4) is 0 Å².